The van der Waals surface area contributed by atoms with Crippen molar-refractivity contribution in [1.29, 1.82) is 0 Å². The SMILES string of the molecule is CCc1[c]c(F)c(O)cc1. The third kappa shape index (κ3) is 1.26. The van der Waals surface area contributed by atoms with Gasteiger partial charge in [0, 0.05) is 6.07 Å². The van der Waals surface area contributed by atoms with Crippen molar-refractivity contribution in [2.45, 2.75) is 13.3 Å². The first-order chi connectivity index (χ1) is 4.74. The predicted octanol–water partition coefficient (Wildman–Crippen LogP) is 1.89. The Morgan fingerprint density at radius 1 is 1.60 bits per heavy atom. The van der Waals surface area contributed by atoms with Gasteiger partial charge in [-0.25, -0.2) is 4.39 Å². The molecule has 1 N–H and O–H groups in total. The van der Waals surface area contributed by atoms with Gasteiger partial charge in [0.15, 0.2) is 11.6 Å². The molecule has 0 atom stereocenters. The number of aromatic hydroxyl groups is 1. The lowest BCUT2D eigenvalue weighted by molar-refractivity contribution is 0.431. The van der Waals surface area contributed by atoms with Gasteiger partial charge in [-0.2, -0.15) is 0 Å². The van der Waals surface area contributed by atoms with Crippen molar-refractivity contribution in [1.82, 2.24) is 0 Å². The van der Waals surface area contributed by atoms with Gasteiger partial charge >= 0.3 is 0 Å². The predicted molar refractivity (Wildman–Crippen MR) is 36.3 cm³/mol. The highest BCUT2D eigenvalue weighted by molar-refractivity contribution is 5.26. The van der Waals surface area contributed by atoms with E-state index in [1.54, 1.807) is 6.07 Å². The standard InChI is InChI=1S/C8H8FO/c1-2-6-3-4-8(10)7(9)5-6/h3-4,10H,2H2,1H3. The summed E-state index contributed by atoms with van der Waals surface area (Å²) < 4.78 is 12.5. The number of phenols is 1. The molecule has 0 aromatic heterocycles. The first kappa shape index (κ1) is 7.06. The van der Waals surface area contributed by atoms with Crippen LogP contribution in [0.4, 0.5) is 4.39 Å². The van der Waals surface area contributed by atoms with Crippen LogP contribution >= 0.6 is 0 Å². The highest BCUT2D eigenvalue weighted by Crippen LogP contribution is 2.15. The van der Waals surface area contributed by atoms with Gasteiger partial charge in [-0.15, -0.1) is 0 Å². The first-order valence-electron chi connectivity index (χ1n) is 3.13. The summed E-state index contributed by atoms with van der Waals surface area (Å²) in [5, 5.41) is 8.73. The van der Waals surface area contributed by atoms with Crippen LogP contribution in [-0.4, -0.2) is 5.11 Å². The lowest BCUT2D eigenvalue weighted by Gasteiger charge is -1.96. The second-order valence-corrected chi connectivity index (χ2v) is 2.04. The fraction of sp³-hybridized carbons (Fsp3) is 0.250. The molecule has 0 fully saturated rings. The van der Waals surface area contributed by atoms with E-state index in [4.69, 9.17) is 5.11 Å². The second-order valence-electron chi connectivity index (χ2n) is 2.04. The van der Waals surface area contributed by atoms with Gasteiger partial charge in [-0.05, 0) is 18.1 Å². The van der Waals surface area contributed by atoms with E-state index in [1.807, 2.05) is 6.92 Å². The molecule has 0 unspecified atom stereocenters. The van der Waals surface area contributed by atoms with E-state index in [2.05, 4.69) is 6.07 Å². The van der Waals surface area contributed by atoms with Gasteiger partial charge < -0.3 is 5.11 Å². The number of phenolic OH excluding ortho intramolecular Hbond substituents is 1. The molecule has 0 saturated carbocycles. The maximum atomic E-state index is 12.5. The van der Waals surface area contributed by atoms with Gasteiger partial charge in [0.1, 0.15) is 0 Å². The van der Waals surface area contributed by atoms with Crippen LogP contribution < -0.4 is 0 Å². The molecule has 0 heterocycles. The van der Waals surface area contributed by atoms with Crippen LogP contribution in [0.3, 0.4) is 0 Å². The molecule has 0 amide bonds. The molecular formula is C8H8FO. The van der Waals surface area contributed by atoms with Crippen LogP contribution in [-0.2, 0) is 6.42 Å². The number of rotatable bonds is 1. The minimum atomic E-state index is -0.667. The molecule has 10 heavy (non-hydrogen) atoms. The van der Waals surface area contributed by atoms with Crippen LogP contribution in [0.25, 0.3) is 0 Å². The summed E-state index contributed by atoms with van der Waals surface area (Å²) in [7, 11) is 0. The zero-order chi connectivity index (χ0) is 7.56. The molecule has 53 valence electrons. The number of aryl methyl sites for hydroxylation is 1. The Balaban J connectivity index is 3.04. The Hall–Kier alpha value is -1.05. The minimum Gasteiger partial charge on any atom is -0.505 e. The zero-order valence-corrected chi connectivity index (χ0v) is 5.69. The second kappa shape index (κ2) is 2.69. The summed E-state index contributed by atoms with van der Waals surface area (Å²) in [6.45, 7) is 1.91. The summed E-state index contributed by atoms with van der Waals surface area (Å²) in [4.78, 5) is 0. The summed E-state index contributed by atoms with van der Waals surface area (Å²) in [5.41, 5.74) is 0.773. The molecule has 1 nitrogen and oxygen atoms in total. The summed E-state index contributed by atoms with van der Waals surface area (Å²) in [5.74, 6) is -1.00. The largest absolute Gasteiger partial charge is 0.505 e. The quantitative estimate of drug-likeness (QED) is 0.630. The van der Waals surface area contributed by atoms with E-state index in [0.29, 0.717) is 0 Å². The van der Waals surface area contributed by atoms with Crippen LogP contribution in [0.1, 0.15) is 12.5 Å². The molecule has 2 heteroatoms. The van der Waals surface area contributed by atoms with Gasteiger partial charge in [-0.1, -0.05) is 13.0 Å². The number of hydrogen-bond donors (Lipinski definition) is 1. The first-order valence-corrected chi connectivity index (χ1v) is 3.13. The number of benzene rings is 1. The van der Waals surface area contributed by atoms with Crippen LogP contribution in [0.2, 0.25) is 0 Å². The van der Waals surface area contributed by atoms with Crippen LogP contribution in [0, 0.1) is 11.9 Å². The smallest absolute Gasteiger partial charge is 0.172 e. The van der Waals surface area contributed by atoms with E-state index in [9.17, 15) is 4.39 Å². The molecule has 0 aliphatic heterocycles. The molecule has 1 rings (SSSR count). The average Bonchev–Trinajstić information content (AvgIpc) is 1.95. The van der Waals surface area contributed by atoms with E-state index >= 15 is 0 Å². The summed E-state index contributed by atoms with van der Waals surface area (Å²) in [6.07, 6.45) is 0.733. The maximum absolute atomic E-state index is 12.5. The highest BCUT2D eigenvalue weighted by Gasteiger charge is 1.99. The van der Waals surface area contributed by atoms with E-state index in [1.165, 1.54) is 6.07 Å². The summed E-state index contributed by atoms with van der Waals surface area (Å²) >= 11 is 0. The topological polar surface area (TPSA) is 20.2 Å². The van der Waals surface area contributed by atoms with E-state index < -0.39 is 5.82 Å². The lowest BCUT2D eigenvalue weighted by atomic mass is 10.2. The molecule has 0 saturated heterocycles. The molecule has 0 spiro atoms. The average molecular weight is 139 g/mol. The normalized spacial score (nSPS) is 9.80. The minimum absolute atomic E-state index is 0.336. The van der Waals surface area contributed by atoms with Gasteiger partial charge in [0.25, 0.3) is 0 Å². The number of hydrogen-bond acceptors (Lipinski definition) is 1. The Kier molecular flexibility index (Phi) is 1.90. The van der Waals surface area contributed by atoms with Crippen molar-refractivity contribution >= 4 is 0 Å². The fourth-order valence-electron chi connectivity index (χ4n) is 0.706. The van der Waals surface area contributed by atoms with Crippen molar-refractivity contribution in [3.63, 3.8) is 0 Å². The molecule has 0 aliphatic rings. The summed E-state index contributed by atoms with van der Waals surface area (Å²) in [6, 6.07) is 5.40. The highest BCUT2D eigenvalue weighted by atomic mass is 19.1. The van der Waals surface area contributed by atoms with Crippen molar-refractivity contribution in [3.05, 3.63) is 29.6 Å². The van der Waals surface area contributed by atoms with Crippen LogP contribution in [0.15, 0.2) is 12.1 Å². The monoisotopic (exact) mass is 139 g/mol. The van der Waals surface area contributed by atoms with E-state index in [-0.39, 0.29) is 5.75 Å². The zero-order valence-electron chi connectivity index (χ0n) is 5.69. The Morgan fingerprint density at radius 3 is 2.80 bits per heavy atom. The van der Waals surface area contributed by atoms with E-state index in [0.717, 1.165) is 12.0 Å². The molecule has 1 radical (unpaired) electrons. The van der Waals surface area contributed by atoms with Crippen molar-refractivity contribution in [2.24, 2.45) is 0 Å². The molecule has 0 aliphatic carbocycles. The Morgan fingerprint density at radius 2 is 2.30 bits per heavy atom. The van der Waals surface area contributed by atoms with Crippen molar-refractivity contribution in [3.8, 4) is 5.75 Å². The number of halogens is 1. The lowest BCUT2D eigenvalue weighted by Crippen LogP contribution is -1.82. The maximum Gasteiger partial charge on any atom is 0.172 e. The molecule has 0 bridgehead atoms. The van der Waals surface area contributed by atoms with Crippen molar-refractivity contribution < 1.29 is 9.50 Å². The van der Waals surface area contributed by atoms with Crippen LogP contribution in [0.5, 0.6) is 5.75 Å². The third-order valence-corrected chi connectivity index (χ3v) is 1.32. The van der Waals surface area contributed by atoms with Gasteiger partial charge in [0.2, 0.25) is 0 Å². The van der Waals surface area contributed by atoms with Gasteiger partial charge in [0.05, 0.1) is 0 Å². The fourth-order valence-corrected chi connectivity index (χ4v) is 0.706. The molecule has 1 aromatic rings. The third-order valence-electron chi connectivity index (χ3n) is 1.32. The molecule has 1 aromatic carbocycles. The Bertz CT molecular complexity index is 233. The van der Waals surface area contributed by atoms with Gasteiger partial charge in [-0.3, -0.25) is 0 Å². The van der Waals surface area contributed by atoms with Crippen molar-refractivity contribution in [2.75, 3.05) is 0 Å². The molecular weight excluding hydrogens is 131 g/mol. The Labute approximate surface area is 59.1 Å².